The number of hydrogen-bond acceptors (Lipinski definition) is 2. The number of nitrogens with zero attached hydrogens (tertiary/aromatic N) is 1. The third-order valence-corrected chi connectivity index (χ3v) is 1.50. The lowest BCUT2D eigenvalue weighted by Crippen LogP contribution is -2.06. The van der Waals surface area contributed by atoms with Crippen molar-refractivity contribution in [2.45, 2.75) is 19.8 Å². The largest absolute Gasteiger partial charge is 0.296 e. The molecule has 0 aromatic carbocycles. The van der Waals surface area contributed by atoms with Gasteiger partial charge in [-0.1, -0.05) is 26.5 Å². The molecule has 0 bridgehead atoms. The van der Waals surface area contributed by atoms with Crippen LogP contribution in [-0.4, -0.2) is 19.0 Å². The van der Waals surface area contributed by atoms with Gasteiger partial charge in [-0.15, -0.1) is 0 Å². The van der Waals surface area contributed by atoms with E-state index in [1.807, 2.05) is 6.92 Å². The maximum Gasteiger partial charge on any atom is 0.185 e. The molecule has 0 aliphatic carbocycles. The number of carbonyl (C=O) groups is 1. The number of ketones is 1. The van der Waals surface area contributed by atoms with Crippen molar-refractivity contribution in [1.82, 2.24) is 0 Å². The average molecular weight is 165 g/mol. The van der Waals surface area contributed by atoms with E-state index in [0.29, 0.717) is 17.7 Å². The predicted octanol–water partition coefficient (Wildman–Crippen LogP) is 2.17. The van der Waals surface area contributed by atoms with Crippen LogP contribution in [0.4, 0.5) is 0 Å². The standard InChI is InChI=1S/C10H15NO/c1-5-6-8(2)10(12)9(3)7-11-4/h2-7H2,1H3. The van der Waals surface area contributed by atoms with Gasteiger partial charge in [-0.3, -0.25) is 9.79 Å². The second-order valence-electron chi connectivity index (χ2n) is 2.67. The van der Waals surface area contributed by atoms with Gasteiger partial charge < -0.3 is 0 Å². The summed E-state index contributed by atoms with van der Waals surface area (Å²) in [5.41, 5.74) is 1.09. The average Bonchev–Trinajstić information content (AvgIpc) is 2.04. The lowest BCUT2D eigenvalue weighted by atomic mass is 10.0. The summed E-state index contributed by atoms with van der Waals surface area (Å²) in [6, 6.07) is 0. The monoisotopic (exact) mass is 165 g/mol. The lowest BCUT2D eigenvalue weighted by Gasteiger charge is -2.03. The molecule has 0 saturated heterocycles. The van der Waals surface area contributed by atoms with Gasteiger partial charge in [0.1, 0.15) is 0 Å². The highest BCUT2D eigenvalue weighted by Gasteiger charge is 2.08. The van der Waals surface area contributed by atoms with Crippen molar-refractivity contribution in [2.75, 3.05) is 6.54 Å². The zero-order valence-corrected chi connectivity index (χ0v) is 7.60. The minimum atomic E-state index is -0.0655. The summed E-state index contributed by atoms with van der Waals surface area (Å²) < 4.78 is 0. The summed E-state index contributed by atoms with van der Waals surface area (Å²) in [7, 11) is 0. The molecule has 0 amide bonds. The van der Waals surface area contributed by atoms with E-state index in [1.165, 1.54) is 0 Å². The van der Waals surface area contributed by atoms with Crippen LogP contribution in [0.15, 0.2) is 29.3 Å². The molecule has 2 nitrogen and oxygen atoms in total. The van der Waals surface area contributed by atoms with Gasteiger partial charge in [0.15, 0.2) is 5.78 Å². The lowest BCUT2D eigenvalue weighted by molar-refractivity contribution is -0.112. The van der Waals surface area contributed by atoms with Crippen molar-refractivity contribution in [2.24, 2.45) is 4.99 Å². The highest BCUT2D eigenvalue weighted by atomic mass is 16.1. The van der Waals surface area contributed by atoms with Crippen molar-refractivity contribution in [3.8, 4) is 0 Å². The number of hydrogen-bond donors (Lipinski definition) is 0. The third kappa shape index (κ3) is 3.28. The summed E-state index contributed by atoms with van der Waals surface area (Å²) in [4.78, 5) is 14.9. The fourth-order valence-corrected chi connectivity index (χ4v) is 0.872. The van der Waals surface area contributed by atoms with Gasteiger partial charge in [-0.25, -0.2) is 0 Å². The van der Waals surface area contributed by atoms with Crippen LogP contribution >= 0.6 is 0 Å². The molecule has 0 aromatic heterocycles. The molecule has 0 radical (unpaired) electrons. The van der Waals surface area contributed by atoms with Crippen molar-refractivity contribution in [1.29, 1.82) is 0 Å². The zero-order chi connectivity index (χ0) is 9.56. The Morgan fingerprint density at radius 1 is 1.33 bits per heavy atom. The quantitative estimate of drug-likeness (QED) is 0.438. The van der Waals surface area contributed by atoms with E-state index in [4.69, 9.17) is 0 Å². The molecule has 0 heterocycles. The van der Waals surface area contributed by atoms with Gasteiger partial charge >= 0.3 is 0 Å². The molecule has 0 fully saturated rings. The van der Waals surface area contributed by atoms with Crippen LogP contribution in [0.2, 0.25) is 0 Å². The molecule has 0 aromatic rings. The van der Waals surface area contributed by atoms with E-state index in [2.05, 4.69) is 24.9 Å². The molecule has 0 aliphatic rings. The van der Waals surface area contributed by atoms with Gasteiger partial charge in [0.05, 0.1) is 6.54 Å². The third-order valence-electron chi connectivity index (χ3n) is 1.50. The van der Waals surface area contributed by atoms with Crippen molar-refractivity contribution in [3.63, 3.8) is 0 Å². The fraction of sp³-hybridized carbons (Fsp3) is 0.400. The minimum Gasteiger partial charge on any atom is -0.296 e. The fourth-order valence-electron chi connectivity index (χ4n) is 0.872. The second kappa shape index (κ2) is 5.47. The predicted molar refractivity (Wildman–Crippen MR) is 52.6 cm³/mol. The van der Waals surface area contributed by atoms with E-state index in [0.717, 1.165) is 12.8 Å². The van der Waals surface area contributed by atoms with E-state index in [9.17, 15) is 4.79 Å². The molecule has 0 rings (SSSR count). The SMILES string of the molecule is C=NCC(=C)C(=O)C(=C)CCC. The minimum absolute atomic E-state index is 0.0655. The molecule has 66 valence electrons. The first-order chi connectivity index (χ1) is 5.63. The van der Waals surface area contributed by atoms with E-state index in [1.54, 1.807) is 0 Å². The summed E-state index contributed by atoms with van der Waals surface area (Å²) in [6.07, 6.45) is 1.66. The highest BCUT2D eigenvalue weighted by molar-refractivity contribution is 6.07. The smallest absolute Gasteiger partial charge is 0.185 e. The van der Waals surface area contributed by atoms with Gasteiger partial charge in [-0.2, -0.15) is 0 Å². The first kappa shape index (κ1) is 10.8. The molecule has 0 aliphatic heterocycles. The topological polar surface area (TPSA) is 29.4 Å². The Bertz CT molecular complexity index is 216. The number of carbonyl (C=O) groups excluding carboxylic acids is 1. The van der Waals surface area contributed by atoms with Gasteiger partial charge in [0, 0.05) is 5.57 Å². The molecular formula is C10H15NO. The molecule has 0 unspecified atom stereocenters. The number of allylic oxidation sites excluding steroid dienone is 1. The molecule has 0 saturated carbocycles. The van der Waals surface area contributed by atoms with Crippen molar-refractivity contribution >= 4 is 12.5 Å². The Kier molecular flexibility index (Phi) is 4.93. The Hall–Kier alpha value is -1.18. The Morgan fingerprint density at radius 2 is 1.92 bits per heavy atom. The van der Waals surface area contributed by atoms with Crippen LogP contribution in [-0.2, 0) is 4.79 Å². The van der Waals surface area contributed by atoms with Crippen molar-refractivity contribution in [3.05, 3.63) is 24.3 Å². The second-order valence-corrected chi connectivity index (χ2v) is 2.67. The summed E-state index contributed by atoms with van der Waals surface area (Å²) >= 11 is 0. The Morgan fingerprint density at radius 3 is 2.33 bits per heavy atom. The molecule has 0 atom stereocenters. The molecule has 12 heavy (non-hydrogen) atoms. The van der Waals surface area contributed by atoms with Crippen molar-refractivity contribution < 1.29 is 4.79 Å². The number of aliphatic imine (C=N–C) groups is 1. The number of rotatable bonds is 6. The summed E-state index contributed by atoms with van der Waals surface area (Å²) in [5.74, 6) is -0.0655. The van der Waals surface area contributed by atoms with Crippen LogP contribution in [0.3, 0.4) is 0 Å². The number of Topliss-reactive ketones (excluding diaryl/α,β-unsaturated/α-hetero) is 1. The van der Waals surface area contributed by atoms with E-state index in [-0.39, 0.29) is 5.78 Å². The van der Waals surface area contributed by atoms with Gasteiger partial charge in [0.25, 0.3) is 0 Å². The first-order valence-corrected chi connectivity index (χ1v) is 3.96. The molecule has 2 heteroatoms. The van der Waals surface area contributed by atoms with E-state index < -0.39 is 0 Å². The molecule has 0 N–H and O–H groups in total. The maximum atomic E-state index is 11.3. The van der Waals surface area contributed by atoms with Gasteiger partial charge in [-0.05, 0) is 18.7 Å². The normalized spacial score (nSPS) is 9.08. The highest BCUT2D eigenvalue weighted by Crippen LogP contribution is 2.08. The molecule has 0 spiro atoms. The summed E-state index contributed by atoms with van der Waals surface area (Å²) in [5, 5.41) is 0. The first-order valence-electron chi connectivity index (χ1n) is 3.96. The van der Waals surface area contributed by atoms with Gasteiger partial charge in [0.2, 0.25) is 0 Å². The maximum absolute atomic E-state index is 11.3. The van der Waals surface area contributed by atoms with Crippen LogP contribution in [0.5, 0.6) is 0 Å². The Labute approximate surface area is 73.7 Å². The van der Waals surface area contributed by atoms with Crippen LogP contribution in [0.25, 0.3) is 0 Å². The van der Waals surface area contributed by atoms with Crippen LogP contribution in [0.1, 0.15) is 19.8 Å². The van der Waals surface area contributed by atoms with Crippen LogP contribution in [0, 0.1) is 0 Å². The van der Waals surface area contributed by atoms with Crippen LogP contribution < -0.4 is 0 Å². The van der Waals surface area contributed by atoms with E-state index >= 15 is 0 Å². The molecular weight excluding hydrogens is 150 g/mol. The summed E-state index contributed by atoms with van der Waals surface area (Å²) in [6.45, 7) is 12.9. The zero-order valence-electron chi connectivity index (χ0n) is 7.60. The Balaban J connectivity index is 4.09.